The minimum absolute atomic E-state index is 0.0641. The van der Waals surface area contributed by atoms with E-state index >= 15 is 0 Å². The number of rotatable bonds is 3. The van der Waals surface area contributed by atoms with Crippen molar-refractivity contribution in [3.05, 3.63) is 30.4 Å². The molecular formula is C17H22N6O2. The van der Waals surface area contributed by atoms with Crippen molar-refractivity contribution in [1.82, 2.24) is 20.1 Å². The van der Waals surface area contributed by atoms with Crippen molar-refractivity contribution in [2.24, 2.45) is 0 Å². The predicted molar refractivity (Wildman–Crippen MR) is 92.7 cm³/mol. The van der Waals surface area contributed by atoms with Crippen LogP contribution >= 0.6 is 0 Å². The third-order valence-corrected chi connectivity index (χ3v) is 4.80. The summed E-state index contributed by atoms with van der Waals surface area (Å²) in [5.74, 6) is 1.87. The van der Waals surface area contributed by atoms with E-state index in [1.165, 1.54) is 25.5 Å². The molecule has 0 radical (unpaired) electrons. The Morgan fingerprint density at radius 1 is 1.00 bits per heavy atom. The van der Waals surface area contributed by atoms with Gasteiger partial charge in [-0.1, -0.05) is 0 Å². The number of aromatic nitrogens is 3. The lowest BCUT2D eigenvalue weighted by Gasteiger charge is -2.34. The lowest BCUT2D eigenvalue weighted by Crippen LogP contribution is -2.49. The number of amides is 1. The zero-order valence-electron chi connectivity index (χ0n) is 14.2. The summed E-state index contributed by atoms with van der Waals surface area (Å²) in [5.41, 5.74) is 0. The molecule has 4 rings (SSSR count). The molecule has 2 saturated heterocycles. The monoisotopic (exact) mass is 342 g/mol. The van der Waals surface area contributed by atoms with E-state index < -0.39 is 0 Å². The van der Waals surface area contributed by atoms with Crippen LogP contribution < -0.4 is 9.80 Å². The molecule has 2 aromatic heterocycles. The second-order valence-electron chi connectivity index (χ2n) is 6.42. The first-order valence-electron chi connectivity index (χ1n) is 8.84. The highest BCUT2D eigenvalue weighted by atomic mass is 16.3. The quantitative estimate of drug-likeness (QED) is 0.834. The molecule has 4 heterocycles. The molecule has 0 saturated carbocycles. The zero-order valence-corrected chi connectivity index (χ0v) is 14.2. The molecule has 0 bridgehead atoms. The highest BCUT2D eigenvalue weighted by Gasteiger charge is 2.25. The van der Waals surface area contributed by atoms with Crippen LogP contribution in [0.5, 0.6) is 0 Å². The van der Waals surface area contributed by atoms with Gasteiger partial charge in [0.1, 0.15) is 0 Å². The van der Waals surface area contributed by atoms with Crippen molar-refractivity contribution < 1.29 is 9.21 Å². The van der Waals surface area contributed by atoms with Crippen LogP contribution in [0.1, 0.15) is 29.8 Å². The van der Waals surface area contributed by atoms with E-state index in [0.717, 1.165) is 18.9 Å². The van der Waals surface area contributed by atoms with Crippen LogP contribution in [0, 0.1) is 0 Å². The van der Waals surface area contributed by atoms with Gasteiger partial charge >= 0.3 is 0 Å². The van der Waals surface area contributed by atoms with Gasteiger partial charge in [0.25, 0.3) is 5.91 Å². The molecule has 0 aromatic carbocycles. The summed E-state index contributed by atoms with van der Waals surface area (Å²) in [6.45, 7) is 4.69. The summed E-state index contributed by atoms with van der Waals surface area (Å²) in [7, 11) is 0. The van der Waals surface area contributed by atoms with Gasteiger partial charge in [0.2, 0.25) is 5.95 Å². The summed E-state index contributed by atoms with van der Waals surface area (Å²) in [6, 6.07) is 3.43. The average molecular weight is 342 g/mol. The van der Waals surface area contributed by atoms with Crippen LogP contribution in [-0.2, 0) is 0 Å². The van der Waals surface area contributed by atoms with Crippen LogP contribution in [-0.4, -0.2) is 65.3 Å². The number of carbonyl (C=O) groups excluding carboxylic acids is 1. The van der Waals surface area contributed by atoms with Crippen molar-refractivity contribution in [2.45, 2.75) is 19.3 Å². The Kier molecular flexibility index (Phi) is 4.49. The molecule has 132 valence electrons. The fraction of sp³-hybridized carbons (Fsp3) is 0.529. The van der Waals surface area contributed by atoms with Gasteiger partial charge in [-0.25, -0.2) is 0 Å². The van der Waals surface area contributed by atoms with Crippen LogP contribution in [0.3, 0.4) is 0 Å². The van der Waals surface area contributed by atoms with Crippen molar-refractivity contribution in [3.8, 4) is 0 Å². The number of piperazine rings is 1. The normalized spacial score (nSPS) is 18.5. The Balaban J connectivity index is 1.40. The van der Waals surface area contributed by atoms with E-state index in [1.54, 1.807) is 23.2 Å². The number of nitrogens with zero attached hydrogens (tertiary/aromatic N) is 6. The lowest BCUT2D eigenvalue weighted by molar-refractivity contribution is 0.0714. The second kappa shape index (κ2) is 7.08. The fourth-order valence-electron chi connectivity index (χ4n) is 3.36. The second-order valence-corrected chi connectivity index (χ2v) is 6.42. The van der Waals surface area contributed by atoms with Gasteiger partial charge in [0.15, 0.2) is 11.6 Å². The highest BCUT2D eigenvalue weighted by Crippen LogP contribution is 2.19. The fourth-order valence-corrected chi connectivity index (χ4v) is 3.36. The van der Waals surface area contributed by atoms with Crippen molar-refractivity contribution in [2.75, 3.05) is 49.1 Å². The Hall–Kier alpha value is -2.64. The molecule has 2 fully saturated rings. The molecule has 0 N–H and O–H groups in total. The Morgan fingerprint density at radius 2 is 1.80 bits per heavy atom. The molecule has 1 amide bonds. The first-order valence-corrected chi connectivity index (χ1v) is 8.84. The summed E-state index contributed by atoms with van der Waals surface area (Å²) < 4.78 is 5.20. The van der Waals surface area contributed by atoms with Gasteiger partial charge in [-0.2, -0.15) is 10.1 Å². The summed E-state index contributed by atoms with van der Waals surface area (Å²) >= 11 is 0. The van der Waals surface area contributed by atoms with E-state index in [1.807, 2.05) is 0 Å². The minimum atomic E-state index is -0.0641. The number of carbonyl (C=O) groups is 1. The van der Waals surface area contributed by atoms with Gasteiger partial charge in [0, 0.05) is 39.3 Å². The van der Waals surface area contributed by atoms with Gasteiger partial charge in [-0.3, -0.25) is 4.79 Å². The Bertz CT molecular complexity index is 706. The number of anilines is 2. The van der Waals surface area contributed by atoms with E-state index in [-0.39, 0.29) is 5.91 Å². The molecule has 0 atom stereocenters. The van der Waals surface area contributed by atoms with E-state index in [0.29, 0.717) is 37.9 Å². The van der Waals surface area contributed by atoms with Gasteiger partial charge in [-0.05, 0) is 31.4 Å². The molecule has 0 unspecified atom stereocenters. The minimum Gasteiger partial charge on any atom is -0.459 e. The summed E-state index contributed by atoms with van der Waals surface area (Å²) in [4.78, 5) is 23.2. The van der Waals surface area contributed by atoms with E-state index in [2.05, 4.69) is 20.0 Å². The van der Waals surface area contributed by atoms with Crippen molar-refractivity contribution in [1.29, 1.82) is 0 Å². The molecule has 25 heavy (non-hydrogen) atoms. The van der Waals surface area contributed by atoms with Gasteiger partial charge in [-0.15, -0.1) is 5.10 Å². The first kappa shape index (κ1) is 15.9. The lowest BCUT2D eigenvalue weighted by atomic mass is 10.1. The smallest absolute Gasteiger partial charge is 0.289 e. The predicted octanol–water partition coefficient (Wildman–Crippen LogP) is 1.42. The van der Waals surface area contributed by atoms with E-state index in [9.17, 15) is 4.79 Å². The van der Waals surface area contributed by atoms with E-state index in [4.69, 9.17) is 9.40 Å². The molecule has 0 spiro atoms. The molecule has 8 nitrogen and oxygen atoms in total. The topological polar surface area (TPSA) is 78.6 Å². The van der Waals surface area contributed by atoms with Gasteiger partial charge in [0.05, 0.1) is 12.5 Å². The maximum atomic E-state index is 12.3. The summed E-state index contributed by atoms with van der Waals surface area (Å²) in [5, 5.41) is 8.33. The molecule has 8 heteroatoms. The third-order valence-electron chi connectivity index (χ3n) is 4.80. The summed E-state index contributed by atoms with van der Waals surface area (Å²) in [6.07, 6.45) is 6.95. The maximum Gasteiger partial charge on any atom is 0.289 e. The zero-order chi connectivity index (χ0) is 17.1. The van der Waals surface area contributed by atoms with Crippen LogP contribution in [0.2, 0.25) is 0 Å². The first-order chi connectivity index (χ1) is 12.3. The molecule has 2 aliphatic rings. The maximum absolute atomic E-state index is 12.3. The Labute approximate surface area is 146 Å². The van der Waals surface area contributed by atoms with Crippen LogP contribution in [0.15, 0.2) is 29.0 Å². The van der Waals surface area contributed by atoms with Crippen molar-refractivity contribution >= 4 is 17.7 Å². The molecule has 2 aromatic rings. The molecule has 2 aliphatic heterocycles. The number of hydrogen-bond donors (Lipinski definition) is 0. The van der Waals surface area contributed by atoms with Crippen molar-refractivity contribution in [3.63, 3.8) is 0 Å². The molecule has 0 aliphatic carbocycles. The standard InChI is InChI=1S/C17H22N6O2/c24-16(14-5-4-12-25-14)22-8-10-23(11-9-22)17-19-15(13-18-20-17)21-6-2-1-3-7-21/h4-5,12-13H,1-3,6-11H2. The van der Waals surface area contributed by atoms with Crippen LogP contribution in [0.25, 0.3) is 0 Å². The third kappa shape index (κ3) is 3.42. The van der Waals surface area contributed by atoms with Gasteiger partial charge < -0.3 is 19.1 Å². The SMILES string of the molecule is O=C(c1ccco1)N1CCN(c2nncc(N3CCCCC3)n2)CC1. The number of hydrogen-bond acceptors (Lipinski definition) is 7. The highest BCUT2D eigenvalue weighted by molar-refractivity contribution is 5.91. The number of furan rings is 1. The average Bonchev–Trinajstić information content (AvgIpc) is 3.23. The number of piperidine rings is 1. The largest absolute Gasteiger partial charge is 0.459 e. The molecular weight excluding hydrogens is 320 g/mol. The van der Waals surface area contributed by atoms with Crippen LogP contribution in [0.4, 0.5) is 11.8 Å². The Morgan fingerprint density at radius 3 is 2.52 bits per heavy atom.